The fourth-order valence-electron chi connectivity index (χ4n) is 1.88. The van der Waals surface area contributed by atoms with Gasteiger partial charge in [0.15, 0.2) is 0 Å². The number of carbonyl (C=O) groups excluding carboxylic acids is 1. The Morgan fingerprint density at radius 2 is 2.20 bits per heavy atom. The topological polar surface area (TPSA) is 67.6 Å². The Kier molecular flexibility index (Phi) is 7.14. The number of amides is 1. The van der Waals surface area contributed by atoms with E-state index in [9.17, 15) is 9.18 Å². The summed E-state index contributed by atoms with van der Waals surface area (Å²) in [6.07, 6.45) is 0. The quantitative estimate of drug-likeness (QED) is 0.681. The van der Waals surface area contributed by atoms with Gasteiger partial charge in [-0.15, -0.1) is 0 Å². The summed E-state index contributed by atoms with van der Waals surface area (Å²) in [5.41, 5.74) is 7.29. The van der Waals surface area contributed by atoms with Gasteiger partial charge in [-0.2, -0.15) is 0 Å². The highest BCUT2D eigenvalue weighted by molar-refractivity contribution is 5.77. The number of nitrogens with one attached hydrogen (secondary N) is 1. The predicted octanol–water partition coefficient (Wildman–Crippen LogP) is 0.479. The van der Waals surface area contributed by atoms with Crippen molar-refractivity contribution in [1.82, 2.24) is 10.2 Å². The monoisotopic (exact) mass is 283 g/mol. The van der Waals surface area contributed by atoms with E-state index >= 15 is 0 Å². The van der Waals surface area contributed by atoms with Crippen molar-refractivity contribution in [2.24, 2.45) is 5.73 Å². The van der Waals surface area contributed by atoms with E-state index in [1.165, 1.54) is 12.1 Å². The molecule has 0 heterocycles. The zero-order valence-electron chi connectivity index (χ0n) is 12.0. The molecule has 0 spiro atoms. The number of nitrogens with two attached hydrogens (primary N) is 1. The molecule has 3 N–H and O–H groups in total. The van der Waals surface area contributed by atoms with Gasteiger partial charge >= 0.3 is 0 Å². The Balaban J connectivity index is 2.49. The summed E-state index contributed by atoms with van der Waals surface area (Å²) < 4.78 is 18.0. The van der Waals surface area contributed by atoms with Gasteiger partial charge in [-0.05, 0) is 30.3 Å². The van der Waals surface area contributed by atoms with E-state index in [1.54, 1.807) is 13.2 Å². The molecule has 5 nitrogen and oxygen atoms in total. The molecule has 0 radical (unpaired) electrons. The second kappa shape index (κ2) is 8.63. The maximum absolute atomic E-state index is 13.1. The Labute approximate surface area is 118 Å². The number of carbonyl (C=O) groups is 1. The molecule has 0 aliphatic carbocycles. The standard InChI is InChI=1S/C14H22FN3O2/c1-18(10-14(19)17-5-6-20-2)9-11-3-4-13(15)7-12(11)8-16/h3-4,7H,5-6,8-10,16H2,1-2H3,(H,17,19). The van der Waals surface area contributed by atoms with Crippen LogP contribution >= 0.6 is 0 Å². The summed E-state index contributed by atoms with van der Waals surface area (Å²) in [4.78, 5) is 13.5. The van der Waals surface area contributed by atoms with E-state index in [4.69, 9.17) is 10.5 Å². The van der Waals surface area contributed by atoms with E-state index in [0.717, 1.165) is 11.1 Å². The van der Waals surface area contributed by atoms with Crippen molar-refractivity contribution in [2.75, 3.05) is 33.9 Å². The Morgan fingerprint density at radius 3 is 2.85 bits per heavy atom. The number of likely N-dealkylation sites (N-methyl/N-ethyl adjacent to an activating group) is 1. The van der Waals surface area contributed by atoms with Crippen LogP contribution in [0.5, 0.6) is 0 Å². The molecule has 0 bridgehead atoms. The van der Waals surface area contributed by atoms with Crippen LogP contribution in [0.4, 0.5) is 4.39 Å². The first kappa shape index (κ1) is 16.6. The van der Waals surface area contributed by atoms with Crippen molar-refractivity contribution in [2.45, 2.75) is 13.1 Å². The zero-order valence-corrected chi connectivity index (χ0v) is 12.0. The molecule has 20 heavy (non-hydrogen) atoms. The third-order valence-electron chi connectivity index (χ3n) is 2.87. The molecule has 112 valence electrons. The number of nitrogens with zero attached hydrogens (tertiary/aromatic N) is 1. The molecule has 0 saturated carbocycles. The summed E-state index contributed by atoms with van der Waals surface area (Å²) >= 11 is 0. The van der Waals surface area contributed by atoms with Crippen LogP contribution in [0, 0.1) is 5.82 Å². The van der Waals surface area contributed by atoms with Gasteiger partial charge in [0.1, 0.15) is 5.82 Å². The van der Waals surface area contributed by atoms with Crippen molar-refractivity contribution >= 4 is 5.91 Å². The van der Waals surface area contributed by atoms with E-state index in [-0.39, 0.29) is 24.8 Å². The first-order valence-electron chi connectivity index (χ1n) is 6.48. The molecule has 0 aromatic heterocycles. The molecular formula is C14H22FN3O2. The maximum atomic E-state index is 13.1. The van der Waals surface area contributed by atoms with Gasteiger partial charge in [0.25, 0.3) is 0 Å². The normalized spacial score (nSPS) is 10.8. The molecule has 0 aliphatic rings. The van der Waals surface area contributed by atoms with Gasteiger partial charge in [0, 0.05) is 26.7 Å². The van der Waals surface area contributed by atoms with Gasteiger partial charge in [-0.1, -0.05) is 6.07 Å². The third-order valence-corrected chi connectivity index (χ3v) is 2.87. The fraction of sp³-hybridized carbons (Fsp3) is 0.500. The smallest absolute Gasteiger partial charge is 0.234 e. The lowest BCUT2D eigenvalue weighted by molar-refractivity contribution is -0.122. The first-order chi connectivity index (χ1) is 9.56. The highest BCUT2D eigenvalue weighted by Crippen LogP contribution is 2.12. The van der Waals surface area contributed by atoms with E-state index in [1.807, 2.05) is 11.9 Å². The number of ether oxygens (including phenoxy) is 1. The van der Waals surface area contributed by atoms with Crippen LogP contribution in [-0.2, 0) is 22.6 Å². The molecule has 0 fully saturated rings. The zero-order chi connectivity index (χ0) is 15.0. The molecule has 6 heteroatoms. The lowest BCUT2D eigenvalue weighted by Crippen LogP contribution is -2.36. The van der Waals surface area contributed by atoms with Crippen molar-refractivity contribution in [3.05, 3.63) is 35.1 Å². The molecule has 0 saturated heterocycles. The molecule has 1 rings (SSSR count). The van der Waals surface area contributed by atoms with E-state index < -0.39 is 0 Å². The van der Waals surface area contributed by atoms with Crippen LogP contribution < -0.4 is 11.1 Å². The number of rotatable bonds is 8. The highest BCUT2D eigenvalue weighted by atomic mass is 19.1. The van der Waals surface area contributed by atoms with Crippen molar-refractivity contribution in [3.8, 4) is 0 Å². The second-order valence-electron chi connectivity index (χ2n) is 4.63. The molecule has 0 atom stereocenters. The van der Waals surface area contributed by atoms with Crippen LogP contribution in [0.2, 0.25) is 0 Å². The average Bonchev–Trinajstić information content (AvgIpc) is 2.41. The van der Waals surface area contributed by atoms with Crippen LogP contribution in [0.25, 0.3) is 0 Å². The average molecular weight is 283 g/mol. The van der Waals surface area contributed by atoms with Crippen LogP contribution in [0.3, 0.4) is 0 Å². The SMILES string of the molecule is COCCNC(=O)CN(C)Cc1ccc(F)cc1CN. The summed E-state index contributed by atoms with van der Waals surface area (Å²) in [5.74, 6) is -0.366. The van der Waals surface area contributed by atoms with Gasteiger partial charge in [0.05, 0.1) is 13.2 Å². The van der Waals surface area contributed by atoms with Crippen LogP contribution in [0.1, 0.15) is 11.1 Å². The fourth-order valence-corrected chi connectivity index (χ4v) is 1.88. The lowest BCUT2D eigenvalue weighted by atomic mass is 10.1. The summed E-state index contributed by atoms with van der Waals surface area (Å²) in [7, 11) is 3.42. The largest absolute Gasteiger partial charge is 0.383 e. The molecule has 0 unspecified atom stereocenters. The first-order valence-corrected chi connectivity index (χ1v) is 6.48. The van der Waals surface area contributed by atoms with Crippen molar-refractivity contribution < 1.29 is 13.9 Å². The number of halogens is 1. The predicted molar refractivity (Wildman–Crippen MR) is 75.5 cm³/mol. The summed E-state index contributed by atoms with van der Waals surface area (Å²) in [6.45, 7) is 2.08. The number of hydrogen-bond donors (Lipinski definition) is 2. The number of methoxy groups -OCH3 is 1. The van der Waals surface area contributed by atoms with Gasteiger partial charge < -0.3 is 15.8 Å². The van der Waals surface area contributed by atoms with Gasteiger partial charge in [-0.3, -0.25) is 9.69 Å². The molecular weight excluding hydrogens is 261 g/mol. The minimum absolute atomic E-state index is 0.0686. The van der Waals surface area contributed by atoms with Crippen molar-refractivity contribution in [3.63, 3.8) is 0 Å². The molecule has 1 amide bonds. The number of benzene rings is 1. The second-order valence-corrected chi connectivity index (χ2v) is 4.63. The lowest BCUT2D eigenvalue weighted by Gasteiger charge is -2.18. The summed E-state index contributed by atoms with van der Waals surface area (Å²) in [6, 6.07) is 4.54. The van der Waals surface area contributed by atoms with E-state index in [0.29, 0.717) is 19.7 Å². The number of hydrogen-bond acceptors (Lipinski definition) is 4. The van der Waals surface area contributed by atoms with Gasteiger partial charge in [0.2, 0.25) is 5.91 Å². The molecule has 1 aromatic rings. The van der Waals surface area contributed by atoms with Gasteiger partial charge in [-0.25, -0.2) is 4.39 Å². The molecule has 0 aliphatic heterocycles. The highest BCUT2D eigenvalue weighted by Gasteiger charge is 2.09. The molecule has 1 aromatic carbocycles. The maximum Gasteiger partial charge on any atom is 0.234 e. The van der Waals surface area contributed by atoms with E-state index in [2.05, 4.69) is 5.32 Å². The Hall–Kier alpha value is -1.50. The van der Waals surface area contributed by atoms with Crippen LogP contribution in [-0.4, -0.2) is 44.7 Å². The Morgan fingerprint density at radius 1 is 1.45 bits per heavy atom. The van der Waals surface area contributed by atoms with Crippen LogP contribution in [0.15, 0.2) is 18.2 Å². The minimum atomic E-state index is -0.297. The Bertz CT molecular complexity index is 440. The van der Waals surface area contributed by atoms with Crippen molar-refractivity contribution in [1.29, 1.82) is 0 Å². The minimum Gasteiger partial charge on any atom is -0.383 e. The summed E-state index contributed by atoms with van der Waals surface area (Å²) in [5, 5.41) is 2.75. The third kappa shape index (κ3) is 5.64.